The van der Waals surface area contributed by atoms with Gasteiger partial charge in [-0.05, 0) is 19.2 Å². The molecule has 2 rings (SSSR count). The molecular formula is C17H26N4O4. The van der Waals surface area contributed by atoms with Crippen LogP contribution in [0, 0.1) is 0 Å². The smallest absolute Gasteiger partial charge is 0.241 e. The molecule has 1 aromatic carbocycles. The molecule has 0 spiro atoms. The Morgan fingerprint density at radius 3 is 2.40 bits per heavy atom. The summed E-state index contributed by atoms with van der Waals surface area (Å²) in [6.45, 7) is 4.77. The number of phenols is 1. The lowest BCUT2D eigenvalue weighted by atomic mass is 10.2. The molecule has 1 aliphatic heterocycles. The number of likely N-dealkylation sites (N-methyl/N-ethyl adjacent to an activating group) is 1. The van der Waals surface area contributed by atoms with Crippen LogP contribution in [0.25, 0.3) is 0 Å². The van der Waals surface area contributed by atoms with E-state index in [1.54, 1.807) is 12.1 Å². The molecule has 0 unspecified atom stereocenters. The molecule has 8 nitrogen and oxygen atoms in total. The Bertz CT molecular complexity index is 588. The van der Waals surface area contributed by atoms with Gasteiger partial charge in [-0.2, -0.15) is 5.10 Å². The fourth-order valence-corrected chi connectivity index (χ4v) is 2.55. The summed E-state index contributed by atoms with van der Waals surface area (Å²) in [6, 6.07) is 3.22. The Kier molecular flexibility index (Phi) is 7.03. The van der Waals surface area contributed by atoms with Crippen LogP contribution in [0.15, 0.2) is 17.2 Å². The normalized spacial score (nSPS) is 16.1. The van der Waals surface area contributed by atoms with Crippen LogP contribution in [0.5, 0.6) is 17.2 Å². The van der Waals surface area contributed by atoms with Gasteiger partial charge in [-0.3, -0.25) is 4.79 Å². The maximum atomic E-state index is 11.9. The summed E-state index contributed by atoms with van der Waals surface area (Å²) in [5, 5.41) is 13.8. The molecule has 2 N–H and O–H groups in total. The van der Waals surface area contributed by atoms with Gasteiger partial charge in [-0.25, -0.2) is 5.43 Å². The van der Waals surface area contributed by atoms with Crippen LogP contribution in [-0.2, 0) is 4.79 Å². The average molecular weight is 350 g/mol. The number of carbonyl (C=O) groups is 1. The Morgan fingerprint density at radius 1 is 1.24 bits per heavy atom. The summed E-state index contributed by atoms with van der Waals surface area (Å²) in [4.78, 5) is 16.4. The number of ether oxygens (including phenoxy) is 2. The lowest BCUT2D eigenvalue weighted by molar-refractivity contribution is -0.121. The Hall–Kier alpha value is -2.32. The fraction of sp³-hybridized carbons (Fsp3) is 0.529. The van der Waals surface area contributed by atoms with E-state index in [4.69, 9.17) is 9.47 Å². The largest absolute Gasteiger partial charge is 0.502 e. The summed E-state index contributed by atoms with van der Waals surface area (Å²) in [6.07, 6.45) is 1.89. The Morgan fingerprint density at radius 2 is 1.84 bits per heavy atom. The molecule has 1 fully saturated rings. The van der Waals surface area contributed by atoms with Crippen LogP contribution >= 0.6 is 0 Å². The molecule has 138 valence electrons. The van der Waals surface area contributed by atoms with E-state index in [-0.39, 0.29) is 23.2 Å². The molecular weight excluding hydrogens is 324 g/mol. The summed E-state index contributed by atoms with van der Waals surface area (Å²) in [5.41, 5.74) is 3.16. The van der Waals surface area contributed by atoms with Gasteiger partial charge in [0, 0.05) is 44.7 Å². The predicted molar refractivity (Wildman–Crippen MR) is 95.5 cm³/mol. The molecule has 1 heterocycles. The average Bonchev–Trinajstić information content (AvgIpc) is 2.62. The fourth-order valence-electron chi connectivity index (χ4n) is 2.55. The van der Waals surface area contributed by atoms with E-state index in [2.05, 4.69) is 27.4 Å². The van der Waals surface area contributed by atoms with Gasteiger partial charge in [0.2, 0.25) is 11.7 Å². The second-order valence-corrected chi connectivity index (χ2v) is 5.96. The third-order valence-electron chi connectivity index (χ3n) is 4.16. The van der Waals surface area contributed by atoms with E-state index < -0.39 is 0 Å². The number of hydrogen-bond donors (Lipinski definition) is 2. The number of phenolic OH excluding ortho intramolecular Hbond substituents is 1. The monoisotopic (exact) mass is 350 g/mol. The predicted octanol–water partition coefficient (Wildman–Crippen LogP) is 0.497. The van der Waals surface area contributed by atoms with E-state index >= 15 is 0 Å². The van der Waals surface area contributed by atoms with Crippen LogP contribution in [0.4, 0.5) is 0 Å². The van der Waals surface area contributed by atoms with Crippen LogP contribution in [0.1, 0.15) is 12.0 Å². The molecule has 25 heavy (non-hydrogen) atoms. The standard InChI is InChI=1S/C17H26N4O4/c1-20-6-8-21(9-7-20)5-4-16(22)19-18-12-13-10-14(24-2)17(23)15(11-13)25-3/h10-12,23H,4-9H2,1-3H3,(H,19,22). The minimum atomic E-state index is -0.132. The van der Waals surface area contributed by atoms with Crippen molar-refractivity contribution in [3.63, 3.8) is 0 Å². The number of aromatic hydroxyl groups is 1. The molecule has 0 radical (unpaired) electrons. The minimum absolute atomic E-state index is 0.0710. The first-order valence-electron chi connectivity index (χ1n) is 8.21. The van der Waals surface area contributed by atoms with Crippen molar-refractivity contribution in [1.29, 1.82) is 0 Å². The number of hydrogen-bond acceptors (Lipinski definition) is 7. The van der Waals surface area contributed by atoms with Gasteiger partial charge < -0.3 is 24.4 Å². The third-order valence-corrected chi connectivity index (χ3v) is 4.16. The van der Waals surface area contributed by atoms with Gasteiger partial charge in [0.25, 0.3) is 0 Å². The maximum absolute atomic E-state index is 11.9. The minimum Gasteiger partial charge on any atom is -0.502 e. The molecule has 0 aromatic heterocycles. The number of nitrogens with zero attached hydrogens (tertiary/aromatic N) is 3. The van der Waals surface area contributed by atoms with Crippen molar-refractivity contribution in [2.24, 2.45) is 5.10 Å². The van der Waals surface area contributed by atoms with Crippen molar-refractivity contribution < 1.29 is 19.4 Å². The lowest BCUT2D eigenvalue weighted by Gasteiger charge is -2.32. The van der Waals surface area contributed by atoms with Crippen molar-refractivity contribution in [1.82, 2.24) is 15.2 Å². The second-order valence-electron chi connectivity index (χ2n) is 5.96. The first-order valence-corrected chi connectivity index (χ1v) is 8.21. The second kappa shape index (κ2) is 9.24. The van der Waals surface area contributed by atoms with E-state index in [0.29, 0.717) is 12.0 Å². The molecule has 0 aliphatic carbocycles. The number of carbonyl (C=O) groups excluding carboxylic acids is 1. The van der Waals surface area contributed by atoms with Crippen molar-refractivity contribution in [2.75, 3.05) is 54.0 Å². The van der Waals surface area contributed by atoms with Crippen LogP contribution in [0.2, 0.25) is 0 Å². The summed E-state index contributed by atoms with van der Waals surface area (Å²) >= 11 is 0. The molecule has 0 saturated carbocycles. The molecule has 8 heteroatoms. The van der Waals surface area contributed by atoms with E-state index in [1.807, 2.05) is 0 Å². The van der Waals surface area contributed by atoms with Gasteiger partial charge in [-0.15, -0.1) is 0 Å². The zero-order valence-corrected chi connectivity index (χ0v) is 15.0. The van der Waals surface area contributed by atoms with Crippen LogP contribution in [-0.4, -0.2) is 81.0 Å². The van der Waals surface area contributed by atoms with Gasteiger partial charge in [0.05, 0.1) is 20.4 Å². The highest BCUT2D eigenvalue weighted by atomic mass is 16.5. The highest BCUT2D eigenvalue weighted by Crippen LogP contribution is 2.36. The van der Waals surface area contributed by atoms with Crippen molar-refractivity contribution in [3.05, 3.63) is 17.7 Å². The maximum Gasteiger partial charge on any atom is 0.241 e. The zero-order chi connectivity index (χ0) is 18.2. The van der Waals surface area contributed by atoms with Gasteiger partial charge in [-0.1, -0.05) is 0 Å². The number of hydrazone groups is 1. The molecule has 1 aliphatic rings. The van der Waals surface area contributed by atoms with E-state index in [0.717, 1.165) is 32.7 Å². The van der Waals surface area contributed by atoms with Gasteiger partial charge in [0.15, 0.2) is 11.5 Å². The summed E-state index contributed by atoms with van der Waals surface area (Å²) < 4.78 is 10.2. The van der Waals surface area contributed by atoms with E-state index in [9.17, 15) is 9.90 Å². The third kappa shape index (κ3) is 5.61. The highest BCUT2D eigenvalue weighted by Gasteiger charge is 2.14. The van der Waals surface area contributed by atoms with Crippen molar-refractivity contribution >= 4 is 12.1 Å². The Balaban J connectivity index is 1.83. The molecule has 1 saturated heterocycles. The topological polar surface area (TPSA) is 86.6 Å². The van der Waals surface area contributed by atoms with Crippen molar-refractivity contribution in [2.45, 2.75) is 6.42 Å². The number of methoxy groups -OCH3 is 2. The van der Waals surface area contributed by atoms with Gasteiger partial charge >= 0.3 is 0 Å². The quantitative estimate of drug-likeness (QED) is 0.550. The SMILES string of the molecule is COc1cc(C=NNC(=O)CCN2CCN(C)CC2)cc(OC)c1O. The zero-order valence-electron chi connectivity index (χ0n) is 15.0. The number of amides is 1. The van der Waals surface area contributed by atoms with E-state index in [1.165, 1.54) is 20.4 Å². The molecule has 1 aromatic rings. The highest BCUT2D eigenvalue weighted by molar-refractivity contribution is 5.84. The first-order chi connectivity index (χ1) is 12.0. The lowest BCUT2D eigenvalue weighted by Crippen LogP contribution is -2.45. The molecule has 1 amide bonds. The molecule has 0 atom stereocenters. The summed E-state index contributed by atoms with van der Waals surface area (Å²) in [7, 11) is 5.01. The first kappa shape index (κ1) is 19.0. The number of benzene rings is 1. The van der Waals surface area contributed by atoms with Crippen LogP contribution in [0.3, 0.4) is 0 Å². The van der Waals surface area contributed by atoms with Crippen LogP contribution < -0.4 is 14.9 Å². The molecule has 0 bridgehead atoms. The van der Waals surface area contributed by atoms with Crippen molar-refractivity contribution in [3.8, 4) is 17.2 Å². The number of rotatable bonds is 7. The number of nitrogens with one attached hydrogen (secondary N) is 1. The van der Waals surface area contributed by atoms with Gasteiger partial charge in [0.1, 0.15) is 0 Å². The Labute approximate surface area is 148 Å². The summed E-state index contributed by atoms with van der Waals surface area (Å²) in [5.74, 6) is 0.357. The number of piperazine rings is 1.